The highest BCUT2D eigenvalue weighted by molar-refractivity contribution is 9.10. The molecule has 5 nitrogen and oxygen atoms in total. The van der Waals surface area contributed by atoms with Crippen molar-refractivity contribution in [3.63, 3.8) is 0 Å². The average molecular weight is 355 g/mol. The van der Waals surface area contributed by atoms with E-state index in [2.05, 4.69) is 21.2 Å². The fourth-order valence-corrected chi connectivity index (χ4v) is 2.95. The van der Waals surface area contributed by atoms with E-state index in [1.807, 2.05) is 0 Å². The molecule has 0 bridgehead atoms. The molecule has 0 spiro atoms. The zero-order chi connectivity index (χ0) is 15.1. The molecule has 1 aromatic rings. The van der Waals surface area contributed by atoms with Gasteiger partial charge in [-0.2, -0.15) is 0 Å². The normalized spacial score (nSPS) is 17.1. The minimum Gasteiger partial charge on any atom is -0.353 e. The lowest BCUT2D eigenvalue weighted by Gasteiger charge is -2.17. The zero-order valence-electron chi connectivity index (χ0n) is 11.0. The number of nitrogens with one attached hydrogen (secondary N) is 1. The number of rotatable bonds is 4. The third-order valence-corrected chi connectivity index (χ3v) is 4.09. The second-order valence-corrected chi connectivity index (χ2v) is 6.02. The van der Waals surface area contributed by atoms with Crippen LogP contribution in [0.4, 0.5) is 10.1 Å². The predicted molar refractivity (Wildman–Crippen MR) is 76.6 cm³/mol. The molecule has 1 aliphatic carbocycles. The maximum absolute atomic E-state index is 13.3. The fourth-order valence-electron chi connectivity index (χ4n) is 2.31. The van der Waals surface area contributed by atoms with Crippen molar-refractivity contribution in [1.82, 2.24) is 5.32 Å². The van der Waals surface area contributed by atoms with Crippen LogP contribution in [0.3, 0.4) is 0 Å². The van der Waals surface area contributed by atoms with Gasteiger partial charge in [0.2, 0.25) is 5.91 Å². The van der Waals surface area contributed by atoms with E-state index in [4.69, 9.17) is 0 Å². The van der Waals surface area contributed by atoms with Crippen molar-refractivity contribution in [3.05, 3.63) is 28.0 Å². The maximum Gasteiger partial charge on any atom is 0.299 e. The van der Waals surface area contributed by atoms with Crippen LogP contribution in [0.5, 0.6) is 0 Å². The van der Waals surface area contributed by atoms with Gasteiger partial charge >= 0.3 is 0 Å². The molecular formula is C14H12BrFN2O3. The summed E-state index contributed by atoms with van der Waals surface area (Å²) in [7, 11) is 0. The molecule has 110 valence electrons. The van der Waals surface area contributed by atoms with Crippen LogP contribution in [0.25, 0.3) is 0 Å². The van der Waals surface area contributed by atoms with Crippen molar-refractivity contribution in [3.8, 4) is 0 Å². The van der Waals surface area contributed by atoms with Crippen molar-refractivity contribution >= 4 is 39.2 Å². The number of ketones is 1. The number of carbonyl (C=O) groups is 3. The van der Waals surface area contributed by atoms with Crippen LogP contribution in [0.1, 0.15) is 29.6 Å². The summed E-state index contributed by atoms with van der Waals surface area (Å²) < 4.78 is 13.7. The Bertz CT molecular complexity index is 658. The minimum atomic E-state index is -0.743. The molecule has 1 heterocycles. The van der Waals surface area contributed by atoms with Crippen LogP contribution in [0.15, 0.2) is 16.6 Å². The summed E-state index contributed by atoms with van der Waals surface area (Å²) in [6.45, 7) is 0.0976. The number of hydrogen-bond donors (Lipinski definition) is 1. The Balaban J connectivity index is 1.78. The lowest BCUT2D eigenvalue weighted by atomic mass is 10.1. The standard InChI is InChI=1S/C14H12BrFN2O3/c15-10-6-7(16)5-9-12(10)18(14(21)13(9)20)4-3-11(19)17-8-1-2-8/h5-6,8H,1-4H2,(H,17,19). The smallest absolute Gasteiger partial charge is 0.299 e. The second kappa shape index (κ2) is 5.22. The first-order valence-electron chi connectivity index (χ1n) is 6.62. The highest BCUT2D eigenvalue weighted by atomic mass is 79.9. The first-order valence-corrected chi connectivity index (χ1v) is 7.41. The summed E-state index contributed by atoms with van der Waals surface area (Å²) in [4.78, 5) is 36.8. The summed E-state index contributed by atoms with van der Waals surface area (Å²) in [6, 6.07) is 2.49. The van der Waals surface area contributed by atoms with Gasteiger partial charge in [0.15, 0.2) is 0 Å². The van der Waals surface area contributed by atoms with E-state index < -0.39 is 17.5 Å². The van der Waals surface area contributed by atoms with E-state index in [-0.39, 0.29) is 30.5 Å². The quantitative estimate of drug-likeness (QED) is 0.838. The molecule has 1 saturated carbocycles. The number of halogens is 2. The number of carbonyl (C=O) groups excluding carboxylic acids is 3. The van der Waals surface area contributed by atoms with Crippen molar-refractivity contribution in [1.29, 1.82) is 0 Å². The molecule has 2 aliphatic rings. The Hall–Kier alpha value is -1.76. The van der Waals surface area contributed by atoms with Crippen molar-refractivity contribution in [2.45, 2.75) is 25.3 Å². The summed E-state index contributed by atoms with van der Waals surface area (Å²) in [5, 5.41) is 2.82. The molecule has 21 heavy (non-hydrogen) atoms. The van der Waals surface area contributed by atoms with Gasteiger partial charge in [0.1, 0.15) is 5.82 Å². The first-order chi connectivity index (χ1) is 9.97. The molecule has 1 fully saturated rings. The molecule has 0 aromatic heterocycles. The average Bonchev–Trinajstić information content (AvgIpc) is 3.18. The molecule has 7 heteroatoms. The zero-order valence-corrected chi connectivity index (χ0v) is 12.6. The number of hydrogen-bond acceptors (Lipinski definition) is 3. The molecular weight excluding hydrogens is 343 g/mol. The predicted octanol–water partition coefficient (Wildman–Crippen LogP) is 1.79. The fraction of sp³-hybridized carbons (Fsp3) is 0.357. The second-order valence-electron chi connectivity index (χ2n) is 5.16. The van der Waals surface area contributed by atoms with Crippen molar-refractivity contribution in [2.24, 2.45) is 0 Å². The van der Waals surface area contributed by atoms with Gasteiger partial charge in [-0.25, -0.2) is 4.39 Å². The highest BCUT2D eigenvalue weighted by Crippen LogP contribution is 2.36. The Morgan fingerprint density at radius 3 is 2.76 bits per heavy atom. The summed E-state index contributed by atoms with van der Waals surface area (Å²) >= 11 is 3.16. The van der Waals surface area contributed by atoms with E-state index in [1.54, 1.807) is 0 Å². The highest BCUT2D eigenvalue weighted by Gasteiger charge is 2.38. The summed E-state index contributed by atoms with van der Waals surface area (Å²) in [5.74, 6) is -2.21. The van der Waals surface area contributed by atoms with E-state index in [9.17, 15) is 18.8 Å². The topological polar surface area (TPSA) is 66.5 Å². The Kier molecular flexibility index (Phi) is 3.52. The number of Topliss-reactive ketones (excluding diaryl/α,β-unsaturated/α-hetero) is 1. The van der Waals surface area contributed by atoms with Gasteiger partial charge in [-0.3, -0.25) is 14.4 Å². The van der Waals surface area contributed by atoms with E-state index in [0.717, 1.165) is 18.9 Å². The summed E-state index contributed by atoms with van der Waals surface area (Å²) in [6.07, 6.45) is 2.08. The van der Waals surface area contributed by atoms with Gasteiger partial charge in [0, 0.05) is 23.5 Å². The molecule has 1 aliphatic heterocycles. The maximum atomic E-state index is 13.3. The summed E-state index contributed by atoms with van der Waals surface area (Å²) in [5.41, 5.74) is 0.375. The van der Waals surface area contributed by atoms with Crippen LogP contribution in [-0.4, -0.2) is 30.2 Å². The van der Waals surface area contributed by atoms with Crippen molar-refractivity contribution in [2.75, 3.05) is 11.4 Å². The van der Waals surface area contributed by atoms with Crippen LogP contribution in [0, 0.1) is 5.82 Å². The molecule has 0 saturated heterocycles. The van der Waals surface area contributed by atoms with Gasteiger partial charge in [-0.15, -0.1) is 0 Å². The molecule has 1 N–H and O–H groups in total. The van der Waals surface area contributed by atoms with Crippen LogP contribution in [0.2, 0.25) is 0 Å². The third-order valence-electron chi connectivity index (χ3n) is 3.49. The molecule has 2 amide bonds. The molecule has 0 atom stereocenters. The lowest BCUT2D eigenvalue weighted by Crippen LogP contribution is -2.35. The lowest BCUT2D eigenvalue weighted by molar-refractivity contribution is -0.121. The van der Waals surface area contributed by atoms with Crippen LogP contribution in [-0.2, 0) is 9.59 Å². The minimum absolute atomic E-state index is 0.0366. The Morgan fingerprint density at radius 2 is 2.10 bits per heavy atom. The SMILES string of the molecule is O=C(CCN1C(=O)C(=O)c2cc(F)cc(Br)c21)NC1CC1. The van der Waals surface area contributed by atoms with E-state index >= 15 is 0 Å². The molecule has 3 rings (SSSR count). The van der Waals surface area contributed by atoms with Gasteiger partial charge < -0.3 is 10.2 Å². The third kappa shape index (κ3) is 2.70. The largest absolute Gasteiger partial charge is 0.353 e. The monoisotopic (exact) mass is 354 g/mol. The molecule has 0 unspecified atom stereocenters. The van der Waals surface area contributed by atoms with Gasteiger partial charge in [0.05, 0.1) is 11.3 Å². The van der Waals surface area contributed by atoms with Crippen LogP contribution < -0.4 is 10.2 Å². The number of anilines is 1. The number of nitrogens with zero attached hydrogens (tertiary/aromatic N) is 1. The van der Waals surface area contributed by atoms with Gasteiger partial charge in [0.25, 0.3) is 11.7 Å². The van der Waals surface area contributed by atoms with Crippen LogP contribution >= 0.6 is 15.9 Å². The van der Waals surface area contributed by atoms with Crippen molar-refractivity contribution < 1.29 is 18.8 Å². The Labute approximate surface area is 128 Å². The molecule has 0 radical (unpaired) electrons. The number of benzene rings is 1. The van der Waals surface area contributed by atoms with Gasteiger partial charge in [-0.1, -0.05) is 0 Å². The van der Waals surface area contributed by atoms with E-state index in [0.29, 0.717) is 10.2 Å². The first kappa shape index (κ1) is 14.2. The Morgan fingerprint density at radius 1 is 1.38 bits per heavy atom. The van der Waals surface area contributed by atoms with Gasteiger partial charge in [-0.05, 0) is 40.9 Å². The number of amides is 2. The van der Waals surface area contributed by atoms with E-state index in [1.165, 1.54) is 11.0 Å². The number of fused-ring (bicyclic) bond motifs is 1. The molecule has 1 aromatic carbocycles.